The Morgan fingerprint density at radius 2 is 1.04 bits per heavy atom. The maximum absolute atomic E-state index is 12.9. The molecule has 0 spiro atoms. The maximum atomic E-state index is 12.9. The zero-order valence-electron chi connectivity index (χ0n) is 32.0. The average molecular weight is 718 g/mol. The van der Waals surface area contributed by atoms with E-state index in [4.69, 9.17) is 9.47 Å². The van der Waals surface area contributed by atoms with Gasteiger partial charge in [0.2, 0.25) is 5.91 Å². The Bertz CT molecular complexity index is 773. The van der Waals surface area contributed by atoms with E-state index in [9.17, 15) is 35.4 Å². The summed E-state index contributed by atoms with van der Waals surface area (Å²) < 4.78 is 11.2. The van der Waals surface area contributed by atoms with Gasteiger partial charge in [-0.1, -0.05) is 168 Å². The molecule has 0 radical (unpaired) electrons. The molecule has 0 unspecified atom stereocenters. The molecule has 10 nitrogen and oxygen atoms in total. The van der Waals surface area contributed by atoms with Crippen LogP contribution in [0.3, 0.4) is 0 Å². The Morgan fingerprint density at radius 3 is 1.48 bits per heavy atom. The Morgan fingerprint density at radius 1 is 0.620 bits per heavy atom. The van der Waals surface area contributed by atoms with Gasteiger partial charge in [-0.15, -0.1) is 0 Å². The second kappa shape index (κ2) is 31.7. The third-order valence-electron chi connectivity index (χ3n) is 10.3. The lowest BCUT2D eigenvalue weighted by molar-refractivity contribution is -0.302. The van der Waals surface area contributed by atoms with Gasteiger partial charge in [0.05, 0.1) is 37.9 Å². The standard InChI is InChI=1S/C40H79NO9/c1-3-5-7-9-11-13-15-17-19-21-23-25-27-32(43)29-36(45)41-33(31-49-40-39(48)38(47)37(46)35(30-42)50-40)34(44)28-26-24-22-20-18-16-14-12-10-8-6-4-2/h32-35,37-40,42-44,46-48H,3-31H2,1-2H3,(H,41,45)/t32-,33+,34-,35-,37+,38+,39-,40+/m1/s1. The van der Waals surface area contributed by atoms with E-state index >= 15 is 0 Å². The van der Waals surface area contributed by atoms with Crippen molar-refractivity contribution in [2.75, 3.05) is 13.2 Å². The molecule has 298 valence electrons. The van der Waals surface area contributed by atoms with Crippen LogP contribution in [0.25, 0.3) is 0 Å². The first-order valence-corrected chi connectivity index (χ1v) is 20.8. The van der Waals surface area contributed by atoms with E-state index in [1.807, 2.05) is 0 Å². The smallest absolute Gasteiger partial charge is 0.222 e. The fourth-order valence-corrected chi connectivity index (χ4v) is 6.85. The van der Waals surface area contributed by atoms with E-state index in [0.717, 1.165) is 38.5 Å². The number of nitrogens with one attached hydrogen (secondary N) is 1. The first-order chi connectivity index (χ1) is 24.2. The summed E-state index contributed by atoms with van der Waals surface area (Å²) in [6, 6.07) is -0.832. The van der Waals surface area contributed by atoms with Crippen LogP contribution in [0.1, 0.15) is 187 Å². The molecule has 10 heteroatoms. The summed E-state index contributed by atoms with van der Waals surface area (Å²) in [7, 11) is 0. The molecule has 0 aromatic rings. The number of hydrogen-bond acceptors (Lipinski definition) is 9. The molecule has 0 aromatic carbocycles. The summed E-state index contributed by atoms with van der Waals surface area (Å²) in [5.41, 5.74) is 0. The van der Waals surface area contributed by atoms with Crippen LogP contribution in [0.5, 0.6) is 0 Å². The zero-order valence-corrected chi connectivity index (χ0v) is 32.0. The fraction of sp³-hybridized carbons (Fsp3) is 0.975. The number of rotatable bonds is 34. The van der Waals surface area contributed by atoms with Gasteiger partial charge < -0.3 is 45.4 Å². The normalized spacial score (nSPS) is 22.8. The van der Waals surface area contributed by atoms with E-state index in [2.05, 4.69) is 19.2 Å². The molecule has 1 saturated heterocycles. The minimum Gasteiger partial charge on any atom is -0.394 e. The Labute approximate surface area is 305 Å². The van der Waals surface area contributed by atoms with Crippen molar-refractivity contribution in [1.82, 2.24) is 5.32 Å². The van der Waals surface area contributed by atoms with Crippen LogP contribution in [0, 0.1) is 0 Å². The fourth-order valence-electron chi connectivity index (χ4n) is 6.85. The highest BCUT2D eigenvalue weighted by atomic mass is 16.7. The maximum Gasteiger partial charge on any atom is 0.222 e. The summed E-state index contributed by atoms with van der Waals surface area (Å²) >= 11 is 0. The van der Waals surface area contributed by atoms with Crippen LogP contribution in [-0.4, -0.2) is 98.7 Å². The lowest BCUT2D eigenvalue weighted by Gasteiger charge is -2.40. The number of aliphatic hydroxyl groups is 6. The Hall–Kier alpha value is -0.850. The third-order valence-corrected chi connectivity index (χ3v) is 10.3. The van der Waals surface area contributed by atoms with Crippen molar-refractivity contribution in [3.05, 3.63) is 0 Å². The van der Waals surface area contributed by atoms with Crippen molar-refractivity contribution in [1.29, 1.82) is 0 Å². The molecule has 1 fully saturated rings. The number of carbonyl (C=O) groups excluding carboxylic acids is 1. The summed E-state index contributed by atoms with van der Waals surface area (Å²) in [4.78, 5) is 12.9. The van der Waals surface area contributed by atoms with Crippen LogP contribution in [0.4, 0.5) is 0 Å². The molecule has 0 aliphatic carbocycles. The van der Waals surface area contributed by atoms with E-state index in [-0.39, 0.29) is 13.0 Å². The Kier molecular flexibility index (Phi) is 29.9. The van der Waals surface area contributed by atoms with Crippen LogP contribution in [0.2, 0.25) is 0 Å². The average Bonchev–Trinajstić information content (AvgIpc) is 3.10. The number of amides is 1. The summed E-state index contributed by atoms with van der Waals surface area (Å²) in [6.07, 6.45) is 21.2. The van der Waals surface area contributed by atoms with Crippen molar-refractivity contribution in [2.45, 2.75) is 236 Å². The minimum absolute atomic E-state index is 0.0834. The van der Waals surface area contributed by atoms with Gasteiger partial charge in [-0.25, -0.2) is 0 Å². The quantitative estimate of drug-likeness (QED) is 0.0364. The highest BCUT2D eigenvalue weighted by Crippen LogP contribution is 2.23. The Balaban J connectivity index is 2.44. The lowest BCUT2D eigenvalue weighted by atomic mass is 9.99. The van der Waals surface area contributed by atoms with Gasteiger partial charge >= 0.3 is 0 Å². The summed E-state index contributed by atoms with van der Waals surface area (Å²) in [5.74, 6) is -0.396. The minimum atomic E-state index is -1.58. The first-order valence-electron chi connectivity index (χ1n) is 20.8. The first kappa shape index (κ1) is 47.2. The molecule has 0 bridgehead atoms. The van der Waals surface area contributed by atoms with Gasteiger partial charge in [-0.2, -0.15) is 0 Å². The van der Waals surface area contributed by atoms with Gasteiger partial charge in [-0.05, 0) is 12.8 Å². The van der Waals surface area contributed by atoms with Gasteiger partial charge in [0.1, 0.15) is 24.4 Å². The van der Waals surface area contributed by atoms with Crippen LogP contribution in [0.15, 0.2) is 0 Å². The number of carbonyl (C=O) groups is 1. The molecule has 1 amide bonds. The molecule has 1 heterocycles. The highest BCUT2D eigenvalue weighted by Gasteiger charge is 2.44. The van der Waals surface area contributed by atoms with Crippen molar-refractivity contribution in [3.63, 3.8) is 0 Å². The summed E-state index contributed by atoms with van der Waals surface area (Å²) in [6.45, 7) is 3.68. The van der Waals surface area contributed by atoms with Crippen molar-refractivity contribution in [2.24, 2.45) is 0 Å². The van der Waals surface area contributed by atoms with Gasteiger partial charge in [0, 0.05) is 0 Å². The van der Waals surface area contributed by atoms with Crippen LogP contribution < -0.4 is 5.32 Å². The third kappa shape index (κ3) is 22.9. The molecule has 0 saturated carbocycles. The highest BCUT2D eigenvalue weighted by molar-refractivity contribution is 5.76. The van der Waals surface area contributed by atoms with Gasteiger partial charge in [0.15, 0.2) is 6.29 Å². The topological polar surface area (TPSA) is 169 Å². The van der Waals surface area contributed by atoms with E-state index in [0.29, 0.717) is 12.8 Å². The molecule has 1 aliphatic heterocycles. The zero-order chi connectivity index (χ0) is 36.8. The van der Waals surface area contributed by atoms with Crippen LogP contribution in [-0.2, 0) is 14.3 Å². The molecule has 50 heavy (non-hydrogen) atoms. The predicted octanol–water partition coefficient (Wildman–Crippen LogP) is 6.58. The second-order valence-corrected chi connectivity index (χ2v) is 15.0. The number of ether oxygens (including phenoxy) is 2. The molecule has 8 atom stereocenters. The van der Waals surface area contributed by atoms with Crippen molar-refractivity contribution in [3.8, 4) is 0 Å². The molecule has 1 aliphatic rings. The monoisotopic (exact) mass is 718 g/mol. The van der Waals surface area contributed by atoms with E-state index in [1.165, 1.54) is 116 Å². The molecular formula is C40H79NO9. The molecule has 1 rings (SSSR count). The predicted molar refractivity (Wildman–Crippen MR) is 200 cm³/mol. The van der Waals surface area contributed by atoms with Crippen molar-refractivity contribution >= 4 is 5.91 Å². The van der Waals surface area contributed by atoms with E-state index in [1.54, 1.807) is 0 Å². The number of hydrogen-bond donors (Lipinski definition) is 7. The number of unbranched alkanes of at least 4 members (excludes halogenated alkanes) is 22. The second-order valence-electron chi connectivity index (χ2n) is 15.0. The SMILES string of the molecule is CCCCCCCCCCCCCC[C@@H](O)CC(=O)N[C@@H](CO[C@H]1O[C@H](CO)[C@H](O)[C@H](O)[C@H]1O)[C@H](O)CCCCCCCCCCCCCC. The largest absolute Gasteiger partial charge is 0.394 e. The molecule has 0 aromatic heterocycles. The van der Waals surface area contributed by atoms with E-state index < -0.39 is 61.5 Å². The van der Waals surface area contributed by atoms with Gasteiger partial charge in [0.25, 0.3) is 0 Å². The lowest BCUT2D eigenvalue weighted by Crippen LogP contribution is -2.60. The van der Waals surface area contributed by atoms with Gasteiger partial charge in [-0.3, -0.25) is 4.79 Å². The summed E-state index contributed by atoms with van der Waals surface area (Å²) in [5, 5.41) is 64.5. The molecule has 7 N–H and O–H groups in total. The van der Waals surface area contributed by atoms with Crippen LogP contribution >= 0.6 is 0 Å². The molecular weight excluding hydrogens is 638 g/mol. The number of aliphatic hydroxyl groups excluding tert-OH is 6. The van der Waals surface area contributed by atoms with Crippen molar-refractivity contribution < 1.29 is 44.9 Å².